The number of rotatable bonds is 1. The lowest BCUT2D eigenvalue weighted by Crippen LogP contribution is -1.95. The fourth-order valence-electron chi connectivity index (χ4n) is 1.34. The summed E-state index contributed by atoms with van der Waals surface area (Å²) in [6.07, 6.45) is 3.72. The Kier molecular flexibility index (Phi) is 3.55. The Hall–Kier alpha value is -1.71. The second-order valence-corrected chi connectivity index (χ2v) is 2.94. The highest BCUT2D eigenvalue weighted by atomic mass is 16.5. The van der Waals surface area contributed by atoms with Crippen molar-refractivity contribution in [3.8, 4) is 5.75 Å². The number of hydrogen-bond donors (Lipinski definition) is 1. The number of aromatic nitrogens is 2. The summed E-state index contributed by atoms with van der Waals surface area (Å²) in [5, 5.41) is 0. The van der Waals surface area contributed by atoms with Crippen molar-refractivity contribution in [1.82, 2.24) is 9.38 Å². The Morgan fingerprint density at radius 2 is 2.00 bits per heavy atom. The number of pyridine rings is 1. The molecule has 82 valence electrons. The Morgan fingerprint density at radius 1 is 1.33 bits per heavy atom. The van der Waals surface area contributed by atoms with E-state index in [2.05, 4.69) is 4.98 Å². The minimum atomic E-state index is 0.618. The van der Waals surface area contributed by atoms with Gasteiger partial charge in [0.05, 0.1) is 18.5 Å². The first kappa shape index (κ1) is 11.4. The molecule has 0 saturated heterocycles. The summed E-state index contributed by atoms with van der Waals surface area (Å²) in [5.41, 5.74) is 8.17. The van der Waals surface area contributed by atoms with E-state index in [1.165, 1.54) is 0 Å². The molecular formula is C11H17N3O. The number of hydrogen-bond acceptors (Lipinski definition) is 3. The number of methoxy groups -OCH3 is 1. The molecule has 4 heteroatoms. The maximum absolute atomic E-state index is 5.73. The molecule has 0 atom stereocenters. The molecule has 2 aromatic heterocycles. The zero-order valence-corrected chi connectivity index (χ0v) is 9.61. The molecule has 0 bridgehead atoms. The van der Waals surface area contributed by atoms with Crippen LogP contribution in [0.2, 0.25) is 0 Å². The van der Waals surface area contributed by atoms with Gasteiger partial charge in [0, 0.05) is 18.5 Å². The molecule has 2 rings (SSSR count). The van der Waals surface area contributed by atoms with Crippen LogP contribution in [-0.4, -0.2) is 16.5 Å². The van der Waals surface area contributed by atoms with Gasteiger partial charge in [0.2, 0.25) is 0 Å². The molecule has 0 saturated carbocycles. The highest BCUT2D eigenvalue weighted by molar-refractivity contribution is 5.59. The average Bonchev–Trinajstić information content (AvgIpc) is 2.59. The van der Waals surface area contributed by atoms with E-state index in [4.69, 9.17) is 10.5 Å². The van der Waals surface area contributed by atoms with Crippen molar-refractivity contribution in [2.24, 2.45) is 0 Å². The molecule has 4 nitrogen and oxygen atoms in total. The SMILES string of the molecule is CC.COc1cc2nc(C)cn2cc1N. The van der Waals surface area contributed by atoms with E-state index in [1.807, 2.05) is 37.4 Å². The first-order chi connectivity index (χ1) is 7.20. The van der Waals surface area contributed by atoms with Crippen LogP contribution in [0.15, 0.2) is 18.5 Å². The molecule has 0 aliphatic heterocycles. The summed E-state index contributed by atoms with van der Waals surface area (Å²) in [6, 6.07) is 1.82. The minimum Gasteiger partial charge on any atom is -0.494 e. The summed E-state index contributed by atoms with van der Waals surface area (Å²) in [7, 11) is 1.60. The van der Waals surface area contributed by atoms with Crippen LogP contribution in [0, 0.1) is 6.92 Å². The van der Waals surface area contributed by atoms with Crippen LogP contribution < -0.4 is 10.5 Å². The fourth-order valence-corrected chi connectivity index (χ4v) is 1.34. The van der Waals surface area contributed by atoms with E-state index in [0.29, 0.717) is 11.4 Å². The largest absolute Gasteiger partial charge is 0.494 e. The molecule has 2 N–H and O–H groups in total. The Labute approximate surface area is 89.7 Å². The third-order valence-corrected chi connectivity index (χ3v) is 1.92. The van der Waals surface area contributed by atoms with Gasteiger partial charge >= 0.3 is 0 Å². The molecule has 15 heavy (non-hydrogen) atoms. The summed E-state index contributed by atoms with van der Waals surface area (Å²) in [6.45, 7) is 5.94. The zero-order chi connectivity index (χ0) is 11.4. The Bertz CT molecular complexity index is 448. The molecular weight excluding hydrogens is 190 g/mol. The Morgan fingerprint density at radius 3 is 2.60 bits per heavy atom. The lowest BCUT2D eigenvalue weighted by molar-refractivity contribution is 0.417. The fraction of sp³-hybridized carbons (Fsp3) is 0.364. The van der Waals surface area contributed by atoms with Gasteiger partial charge in [-0.3, -0.25) is 0 Å². The number of nitrogens with two attached hydrogens (primary N) is 1. The summed E-state index contributed by atoms with van der Waals surface area (Å²) >= 11 is 0. The molecule has 0 aliphatic rings. The van der Waals surface area contributed by atoms with Crippen LogP contribution in [0.1, 0.15) is 19.5 Å². The van der Waals surface area contributed by atoms with Gasteiger partial charge in [-0.25, -0.2) is 4.98 Å². The molecule has 0 amide bonds. The summed E-state index contributed by atoms with van der Waals surface area (Å²) < 4.78 is 6.97. The molecule has 0 unspecified atom stereocenters. The van der Waals surface area contributed by atoms with E-state index < -0.39 is 0 Å². The number of imidazole rings is 1. The van der Waals surface area contributed by atoms with Crippen LogP contribution in [0.5, 0.6) is 5.75 Å². The van der Waals surface area contributed by atoms with Crippen LogP contribution in [0.25, 0.3) is 5.65 Å². The first-order valence-corrected chi connectivity index (χ1v) is 4.99. The topological polar surface area (TPSA) is 52.5 Å². The third-order valence-electron chi connectivity index (χ3n) is 1.92. The van der Waals surface area contributed by atoms with Gasteiger partial charge in [-0.05, 0) is 6.92 Å². The first-order valence-electron chi connectivity index (χ1n) is 4.99. The van der Waals surface area contributed by atoms with E-state index >= 15 is 0 Å². The molecule has 2 aromatic rings. The number of nitrogens with zero attached hydrogens (tertiary/aromatic N) is 2. The number of anilines is 1. The molecule has 0 aromatic carbocycles. The molecule has 0 fully saturated rings. The average molecular weight is 207 g/mol. The number of fused-ring (bicyclic) bond motifs is 1. The van der Waals surface area contributed by atoms with Crippen LogP contribution in [0.4, 0.5) is 5.69 Å². The summed E-state index contributed by atoms with van der Waals surface area (Å²) in [4.78, 5) is 4.29. The van der Waals surface area contributed by atoms with Gasteiger partial charge in [0.1, 0.15) is 11.4 Å². The van der Waals surface area contributed by atoms with Gasteiger partial charge in [0.15, 0.2) is 0 Å². The zero-order valence-electron chi connectivity index (χ0n) is 9.61. The number of aryl methyl sites for hydroxylation is 1. The Balaban J connectivity index is 0.000000531. The van der Waals surface area contributed by atoms with Crippen LogP contribution in [0.3, 0.4) is 0 Å². The lowest BCUT2D eigenvalue weighted by Gasteiger charge is -2.03. The summed E-state index contributed by atoms with van der Waals surface area (Å²) in [5.74, 6) is 0.665. The highest BCUT2D eigenvalue weighted by Crippen LogP contribution is 2.22. The number of nitrogen functional groups attached to an aromatic ring is 1. The monoisotopic (exact) mass is 207 g/mol. The third kappa shape index (κ3) is 2.21. The minimum absolute atomic E-state index is 0.618. The smallest absolute Gasteiger partial charge is 0.146 e. The number of ether oxygens (including phenoxy) is 1. The van der Waals surface area contributed by atoms with Crippen molar-refractivity contribution in [2.45, 2.75) is 20.8 Å². The second-order valence-electron chi connectivity index (χ2n) is 2.94. The maximum atomic E-state index is 5.73. The van der Waals surface area contributed by atoms with Crippen molar-refractivity contribution in [3.63, 3.8) is 0 Å². The van der Waals surface area contributed by atoms with Gasteiger partial charge in [-0.1, -0.05) is 13.8 Å². The van der Waals surface area contributed by atoms with E-state index in [-0.39, 0.29) is 0 Å². The van der Waals surface area contributed by atoms with Crippen molar-refractivity contribution < 1.29 is 4.74 Å². The standard InChI is InChI=1S/C9H11N3O.C2H6/c1-6-4-12-5-7(10)8(13-2)3-9(12)11-6;1-2/h3-5H,10H2,1-2H3;1-2H3. The van der Waals surface area contributed by atoms with E-state index in [1.54, 1.807) is 13.3 Å². The second kappa shape index (κ2) is 4.68. The van der Waals surface area contributed by atoms with Crippen molar-refractivity contribution in [3.05, 3.63) is 24.2 Å². The highest BCUT2D eigenvalue weighted by Gasteiger charge is 2.03. The normalized spacial score (nSPS) is 9.60. The van der Waals surface area contributed by atoms with Crippen LogP contribution in [-0.2, 0) is 0 Å². The van der Waals surface area contributed by atoms with Crippen molar-refractivity contribution in [1.29, 1.82) is 0 Å². The van der Waals surface area contributed by atoms with Crippen molar-refractivity contribution in [2.75, 3.05) is 12.8 Å². The van der Waals surface area contributed by atoms with Gasteiger partial charge in [-0.15, -0.1) is 0 Å². The molecule has 0 radical (unpaired) electrons. The van der Waals surface area contributed by atoms with Gasteiger partial charge in [-0.2, -0.15) is 0 Å². The quantitative estimate of drug-likeness (QED) is 0.780. The maximum Gasteiger partial charge on any atom is 0.146 e. The lowest BCUT2D eigenvalue weighted by atomic mass is 10.4. The van der Waals surface area contributed by atoms with Crippen LogP contribution >= 0.6 is 0 Å². The van der Waals surface area contributed by atoms with Gasteiger partial charge in [0.25, 0.3) is 0 Å². The molecule has 2 heterocycles. The van der Waals surface area contributed by atoms with E-state index in [9.17, 15) is 0 Å². The predicted octanol–water partition coefficient (Wildman–Crippen LogP) is 2.26. The van der Waals surface area contributed by atoms with E-state index in [0.717, 1.165) is 11.3 Å². The molecule has 0 aliphatic carbocycles. The molecule has 0 spiro atoms. The predicted molar refractivity (Wildman–Crippen MR) is 62.2 cm³/mol. The van der Waals surface area contributed by atoms with Gasteiger partial charge < -0.3 is 14.9 Å². The van der Waals surface area contributed by atoms with Crippen molar-refractivity contribution >= 4 is 11.3 Å².